The zero-order chi connectivity index (χ0) is 13.6. The number of halogens is 1. The lowest BCUT2D eigenvalue weighted by molar-refractivity contribution is -0.116. The van der Waals surface area contributed by atoms with Crippen LogP contribution in [0.2, 0.25) is 5.02 Å². The molecule has 6 heteroatoms. The first-order valence-corrected chi connectivity index (χ1v) is 7.56. The van der Waals surface area contributed by atoms with Crippen molar-refractivity contribution in [3.05, 3.63) is 34.9 Å². The summed E-state index contributed by atoms with van der Waals surface area (Å²) < 4.78 is 21.2. The van der Waals surface area contributed by atoms with Crippen LogP contribution in [0.3, 0.4) is 0 Å². The van der Waals surface area contributed by atoms with Crippen LogP contribution in [0, 0.1) is 0 Å². The molecule has 0 aliphatic rings. The van der Waals surface area contributed by atoms with Gasteiger partial charge in [-0.15, -0.1) is 0 Å². The highest BCUT2D eigenvalue weighted by Gasteiger charge is 2.24. The molecule has 0 heterocycles. The molecule has 1 aromatic carbocycles. The van der Waals surface area contributed by atoms with Crippen molar-refractivity contribution >= 4 is 25.0 Å². The molecule has 4 nitrogen and oxygen atoms in total. The van der Waals surface area contributed by atoms with E-state index in [-0.39, 0.29) is 18.4 Å². The van der Waals surface area contributed by atoms with Gasteiger partial charge in [0.25, 0.3) is 0 Å². The Bertz CT molecular complexity index is 453. The van der Waals surface area contributed by atoms with Gasteiger partial charge in [0.15, 0.2) is 0 Å². The molecule has 1 rings (SSSR count). The van der Waals surface area contributed by atoms with Crippen molar-refractivity contribution in [1.29, 1.82) is 0 Å². The first kappa shape index (κ1) is 15.4. The van der Waals surface area contributed by atoms with E-state index in [4.69, 9.17) is 20.6 Å². The number of rotatable bonds is 7. The minimum absolute atomic E-state index is 0.151. The number of Topliss-reactive ketones (excluding diaryl/α,β-unsaturated/α-hetero) is 1. The van der Waals surface area contributed by atoms with Crippen LogP contribution in [0.15, 0.2) is 24.3 Å². The third-order valence-electron chi connectivity index (χ3n) is 2.51. The van der Waals surface area contributed by atoms with Crippen LogP contribution in [0.1, 0.15) is 12.0 Å². The Morgan fingerprint density at radius 3 is 2.56 bits per heavy atom. The summed E-state index contributed by atoms with van der Waals surface area (Å²) >= 11 is 5.84. The summed E-state index contributed by atoms with van der Waals surface area (Å²) in [5, 5.41) is 0.638. The SMILES string of the molecule is COP(=O)(CC(=O)CCc1cccc(Cl)c1)OC. The largest absolute Gasteiger partial charge is 0.337 e. The first-order valence-electron chi connectivity index (χ1n) is 5.46. The van der Waals surface area contributed by atoms with Gasteiger partial charge in [0.1, 0.15) is 11.9 Å². The summed E-state index contributed by atoms with van der Waals surface area (Å²) in [5.41, 5.74) is 0.973. The van der Waals surface area contributed by atoms with E-state index in [2.05, 4.69) is 0 Å². The maximum Gasteiger partial charge on any atom is 0.337 e. The molecule has 0 aromatic heterocycles. The molecule has 18 heavy (non-hydrogen) atoms. The standard InChI is InChI=1S/C12H16ClO4P/c1-16-18(15,17-2)9-12(14)7-6-10-4-3-5-11(13)8-10/h3-5,8H,6-7,9H2,1-2H3. The lowest BCUT2D eigenvalue weighted by Gasteiger charge is -2.12. The van der Waals surface area contributed by atoms with E-state index < -0.39 is 7.60 Å². The molecule has 0 spiro atoms. The number of ketones is 1. The number of carbonyl (C=O) groups excluding carboxylic acids is 1. The maximum absolute atomic E-state index is 11.7. The van der Waals surface area contributed by atoms with Gasteiger partial charge < -0.3 is 9.05 Å². The molecule has 0 unspecified atom stereocenters. The van der Waals surface area contributed by atoms with E-state index in [9.17, 15) is 9.36 Å². The summed E-state index contributed by atoms with van der Waals surface area (Å²) in [6.07, 6.45) is 0.657. The van der Waals surface area contributed by atoms with Crippen LogP contribution in [-0.4, -0.2) is 26.2 Å². The van der Waals surface area contributed by atoms with Gasteiger partial charge in [-0.3, -0.25) is 9.36 Å². The average molecular weight is 291 g/mol. The average Bonchev–Trinajstić information content (AvgIpc) is 2.36. The van der Waals surface area contributed by atoms with Crippen LogP contribution < -0.4 is 0 Å². The van der Waals surface area contributed by atoms with Gasteiger partial charge in [0.2, 0.25) is 0 Å². The second-order valence-corrected chi connectivity index (χ2v) is 6.51. The normalized spacial score (nSPS) is 11.5. The van der Waals surface area contributed by atoms with E-state index in [1.165, 1.54) is 14.2 Å². The second kappa shape index (κ2) is 7.05. The zero-order valence-electron chi connectivity index (χ0n) is 10.4. The highest BCUT2D eigenvalue weighted by molar-refractivity contribution is 7.54. The van der Waals surface area contributed by atoms with Crippen LogP contribution in [-0.2, 0) is 24.8 Å². The van der Waals surface area contributed by atoms with Gasteiger partial charge in [0, 0.05) is 25.7 Å². The van der Waals surface area contributed by atoms with Gasteiger partial charge in [0.05, 0.1) is 0 Å². The van der Waals surface area contributed by atoms with Crippen molar-refractivity contribution in [3.8, 4) is 0 Å². The molecule has 1 aromatic rings. The van der Waals surface area contributed by atoms with E-state index in [1.54, 1.807) is 12.1 Å². The quantitative estimate of drug-likeness (QED) is 0.723. The summed E-state index contributed by atoms with van der Waals surface area (Å²) in [6.45, 7) is 0. The smallest absolute Gasteiger partial charge is 0.312 e. The minimum Gasteiger partial charge on any atom is -0.312 e. The summed E-state index contributed by atoms with van der Waals surface area (Å²) in [7, 11) is -0.699. The molecule has 0 amide bonds. The molecule has 0 aliphatic carbocycles. The van der Waals surface area contributed by atoms with Crippen molar-refractivity contribution in [2.45, 2.75) is 12.8 Å². The van der Waals surface area contributed by atoms with E-state index >= 15 is 0 Å². The lowest BCUT2D eigenvalue weighted by Crippen LogP contribution is -2.08. The molecule has 0 saturated heterocycles. The Morgan fingerprint density at radius 1 is 1.33 bits per heavy atom. The molecule has 0 radical (unpaired) electrons. The van der Waals surface area contributed by atoms with Crippen molar-refractivity contribution in [1.82, 2.24) is 0 Å². The molecular weight excluding hydrogens is 275 g/mol. The lowest BCUT2D eigenvalue weighted by atomic mass is 10.1. The van der Waals surface area contributed by atoms with E-state index in [1.807, 2.05) is 12.1 Å². The van der Waals surface area contributed by atoms with Gasteiger partial charge in [-0.1, -0.05) is 23.7 Å². The fourth-order valence-electron chi connectivity index (χ4n) is 1.47. The van der Waals surface area contributed by atoms with Crippen LogP contribution in [0.5, 0.6) is 0 Å². The number of benzene rings is 1. The second-order valence-electron chi connectivity index (χ2n) is 3.80. The van der Waals surface area contributed by atoms with E-state index in [0.29, 0.717) is 11.4 Å². The Hall–Kier alpha value is -0.670. The van der Waals surface area contributed by atoms with Gasteiger partial charge in [-0.2, -0.15) is 0 Å². The molecule has 0 bridgehead atoms. The Kier molecular flexibility index (Phi) is 6.03. The Balaban J connectivity index is 2.49. The van der Waals surface area contributed by atoms with Crippen molar-refractivity contribution in [2.75, 3.05) is 20.4 Å². The predicted molar refractivity (Wildman–Crippen MR) is 71.3 cm³/mol. The Labute approximate surface area is 112 Å². The van der Waals surface area contributed by atoms with Gasteiger partial charge in [-0.05, 0) is 24.1 Å². The summed E-state index contributed by atoms with van der Waals surface area (Å²) in [6, 6.07) is 7.31. The molecule has 100 valence electrons. The van der Waals surface area contributed by atoms with Gasteiger partial charge in [-0.25, -0.2) is 0 Å². The van der Waals surface area contributed by atoms with Crippen molar-refractivity contribution < 1.29 is 18.4 Å². The zero-order valence-corrected chi connectivity index (χ0v) is 12.0. The molecule has 0 N–H and O–H groups in total. The molecule has 0 saturated carbocycles. The topological polar surface area (TPSA) is 52.6 Å². The molecule has 0 fully saturated rings. The molecule has 0 aliphatic heterocycles. The number of hydrogen-bond donors (Lipinski definition) is 0. The van der Waals surface area contributed by atoms with Crippen LogP contribution in [0.25, 0.3) is 0 Å². The van der Waals surface area contributed by atoms with Gasteiger partial charge >= 0.3 is 7.60 Å². The van der Waals surface area contributed by atoms with Crippen molar-refractivity contribution in [3.63, 3.8) is 0 Å². The highest BCUT2D eigenvalue weighted by Crippen LogP contribution is 2.46. The molecule has 0 atom stereocenters. The molecular formula is C12H16ClO4P. The first-order chi connectivity index (χ1) is 8.49. The van der Waals surface area contributed by atoms with Crippen LogP contribution >= 0.6 is 19.2 Å². The Morgan fingerprint density at radius 2 is 2.00 bits per heavy atom. The third-order valence-corrected chi connectivity index (χ3v) is 4.60. The number of aryl methyl sites for hydroxylation is 1. The minimum atomic E-state index is -3.24. The highest BCUT2D eigenvalue weighted by atomic mass is 35.5. The predicted octanol–water partition coefficient (Wildman–Crippen LogP) is 3.33. The summed E-state index contributed by atoms with van der Waals surface area (Å²) in [4.78, 5) is 11.7. The van der Waals surface area contributed by atoms with Crippen molar-refractivity contribution in [2.24, 2.45) is 0 Å². The van der Waals surface area contributed by atoms with E-state index in [0.717, 1.165) is 5.56 Å². The number of carbonyl (C=O) groups is 1. The third kappa shape index (κ3) is 4.91. The fourth-order valence-corrected chi connectivity index (χ4v) is 2.69. The fraction of sp³-hybridized carbons (Fsp3) is 0.417. The van der Waals surface area contributed by atoms with Crippen LogP contribution in [0.4, 0.5) is 0 Å². The summed E-state index contributed by atoms with van der Waals surface area (Å²) in [5.74, 6) is -0.151. The maximum atomic E-state index is 11.7. The number of hydrogen-bond acceptors (Lipinski definition) is 4. The monoisotopic (exact) mass is 290 g/mol.